The van der Waals surface area contributed by atoms with Crippen molar-refractivity contribution < 1.29 is 19.1 Å². The number of carbonyl (C=O) groups excluding carboxylic acids is 1. The van der Waals surface area contributed by atoms with Crippen LogP contribution in [-0.2, 0) is 16.0 Å². The minimum absolute atomic E-state index is 0.0145. The smallest absolute Gasteiger partial charge is 0.328 e. The first-order chi connectivity index (χ1) is 7.49. The van der Waals surface area contributed by atoms with Gasteiger partial charge in [-0.25, -0.2) is 9.18 Å². The van der Waals surface area contributed by atoms with Gasteiger partial charge in [-0.2, -0.15) is 0 Å². The van der Waals surface area contributed by atoms with E-state index >= 15 is 0 Å². The van der Waals surface area contributed by atoms with E-state index in [-0.39, 0.29) is 17.8 Å². The van der Waals surface area contributed by atoms with Gasteiger partial charge in [0.1, 0.15) is 11.6 Å². The highest BCUT2D eigenvalue weighted by Gasteiger charge is 2.05. The summed E-state index contributed by atoms with van der Waals surface area (Å²) in [4.78, 5) is 21.2. The van der Waals surface area contributed by atoms with Crippen LogP contribution >= 0.6 is 0 Å². The van der Waals surface area contributed by atoms with Crippen molar-refractivity contribution in [1.82, 2.24) is 0 Å². The molecule has 0 unspecified atom stereocenters. The Hall–Kier alpha value is -1.97. The fourth-order valence-electron chi connectivity index (χ4n) is 1.27. The van der Waals surface area contributed by atoms with E-state index in [1.54, 1.807) is 0 Å². The fourth-order valence-corrected chi connectivity index (χ4v) is 1.27. The second-order valence-electron chi connectivity index (χ2n) is 3.40. The third-order valence-electron chi connectivity index (χ3n) is 1.93. The maximum atomic E-state index is 13.2. The number of carbonyl (C=O) groups is 2. The average molecular weight is 222 g/mol. The van der Waals surface area contributed by atoms with Gasteiger partial charge in [0.25, 0.3) is 0 Å². The molecule has 0 heterocycles. The van der Waals surface area contributed by atoms with E-state index < -0.39 is 11.8 Å². The molecule has 0 spiro atoms. The van der Waals surface area contributed by atoms with E-state index in [1.165, 1.54) is 31.2 Å². The lowest BCUT2D eigenvalue weighted by Crippen LogP contribution is -1.99. The van der Waals surface area contributed by atoms with Gasteiger partial charge in [-0.15, -0.1) is 0 Å². The van der Waals surface area contributed by atoms with Crippen LogP contribution in [0, 0.1) is 5.82 Å². The quantitative estimate of drug-likeness (QED) is 0.793. The van der Waals surface area contributed by atoms with Crippen molar-refractivity contribution in [3.05, 3.63) is 41.2 Å². The predicted molar refractivity (Wildman–Crippen MR) is 57.5 cm³/mol. The normalized spacial score (nSPS) is 10.6. The van der Waals surface area contributed by atoms with Gasteiger partial charge < -0.3 is 5.11 Å². The lowest BCUT2D eigenvalue weighted by molar-refractivity contribution is -0.131. The molecule has 0 fully saturated rings. The second kappa shape index (κ2) is 5.21. The first kappa shape index (κ1) is 12.1. The number of Topliss-reactive ketones (excluding diaryl/α,β-unsaturated/α-hetero) is 1. The zero-order valence-electron chi connectivity index (χ0n) is 8.74. The van der Waals surface area contributed by atoms with E-state index in [4.69, 9.17) is 5.11 Å². The van der Waals surface area contributed by atoms with Gasteiger partial charge in [0.05, 0.1) is 0 Å². The molecule has 3 nitrogen and oxygen atoms in total. The first-order valence-electron chi connectivity index (χ1n) is 4.68. The van der Waals surface area contributed by atoms with Gasteiger partial charge in [0.15, 0.2) is 0 Å². The Balaban J connectivity index is 2.97. The minimum atomic E-state index is -1.07. The Morgan fingerprint density at radius 2 is 2.12 bits per heavy atom. The number of ketones is 1. The number of rotatable bonds is 4. The summed E-state index contributed by atoms with van der Waals surface area (Å²) in [6.45, 7) is 1.37. The molecule has 0 saturated carbocycles. The highest BCUT2D eigenvalue weighted by atomic mass is 19.1. The Kier molecular flexibility index (Phi) is 3.94. The molecule has 1 N–H and O–H groups in total. The molecule has 0 atom stereocenters. The molecule has 16 heavy (non-hydrogen) atoms. The van der Waals surface area contributed by atoms with Crippen molar-refractivity contribution in [3.63, 3.8) is 0 Å². The molecule has 4 heteroatoms. The van der Waals surface area contributed by atoms with Crippen LogP contribution in [0.3, 0.4) is 0 Å². The summed E-state index contributed by atoms with van der Waals surface area (Å²) in [7, 11) is 0. The van der Waals surface area contributed by atoms with Crippen molar-refractivity contribution in [2.75, 3.05) is 0 Å². The average Bonchev–Trinajstić information content (AvgIpc) is 2.18. The van der Waals surface area contributed by atoms with E-state index in [2.05, 4.69) is 0 Å². The number of hydrogen-bond acceptors (Lipinski definition) is 2. The van der Waals surface area contributed by atoms with Crippen LogP contribution in [0.2, 0.25) is 0 Å². The number of carboxylic acid groups (broad SMARTS) is 1. The summed E-state index contributed by atoms with van der Waals surface area (Å²) < 4.78 is 13.2. The standard InChI is InChI=1S/C12H11FO3/c1-8(14)6-10-7-9(2-4-11(10)13)3-5-12(15)16/h2-5,7H,6H2,1H3,(H,15,16)/b5-3+. The lowest BCUT2D eigenvalue weighted by atomic mass is 10.1. The molecule has 0 amide bonds. The van der Waals surface area contributed by atoms with Gasteiger partial charge in [0.2, 0.25) is 0 Å². The summed E-state index contributed by atoms with van der Waals surface area (Å²) in [5.74, 6) is -1.67. The third kappa shape index (κ3) is 3.65. The van der Waals surface area contributed by atoms with E-state index in [0.29, 0.717) is 5.56 Å². The molecule has 0 bridgehead atoms. The molecule has 0 aliphatic rings. The maximum Gasteiger partial charge on any atom is 0.328 e. The molecule has 0 aliphatic carbocycles. The monoisotopic (exact) mass is 222 g/mol. The summed E-state index contributed by atoms with van der Waals surface area (Å²) >= 11 is 0. The zero-order valence-corrected chi connectivity index (χ0v) is 8.74. The molecular weight excluding hydrogens is 211 g/mol. The van der Waals surface area contributed by atoms with Gasteiger partial charge in [-0.3, -0.25) is 4.79 Å². The molecule has 0 saturated heterocycles. The van der Waals surface area contributed by atoms with Crippen LogP contribution in [0.15, 0.2) is 24.3 Å². The van der Waals surface area contributed by atoms with Crippen molar-refractivity contribution in [3.8, 4) is 0 Å². The molecule has 0 radical (unpaired) electrons. The zero-order chi connectivity index (χ0) is 12.1. The van der Waals surface area contributed by atoms with Gasteiger partial charge in [-0.1, -0.05) is 6.07 Å². The van der Waals surface area contributed by atoms with Crippen LogP contribution in [0.25, 0.3) is 6.08 Å². The summed E-state index contributed by atoms with van der Waals surface area (Å²) in [5, 5.41) is 8.43. The van der Waals surface area contributed by atoms with Gasteiger partial charge in [0, 0.05) is 12.5 Å². The number of hydrogen-bond donors (Lipinski definition) is 1. The molecular formula is C12H11FO3. The molecule has 0 aromatic heterocycles. The van der Waals surface area contributed by atoms with Gasteiger partial charge >= 0.3 is 5.97 Å². The van der Waals surface area contributed by atoms with Crippen LogP contribution in [0.1, 0.15) is 18.1 Å². The SMILES string of the molecule is CC(=O)Cc1cc(/C=C/C(=O)O)ccc1F. The van der Waals surface area contributed by atoms with Crippen molar-refractivity contribution >= 4 is 17.8 Å². The van der Waals surface area contributed by atoms with E-state index in [9.17, 15) is 14.0 Å². The summed E-state index contributed by atoms with van der Waals surface area (Å²) in [5.41, 5.74) is 0.833. The Morgan fingerprint density at radius 1 is 1.44 bits per heavy atom. The second-order valence-corrected chi connectivity index (χ2v) is 3.40. The Bertz CT molecular complexity index is 450. The van der Waals surface area contributed by atoms with Crippen molar-refractivity contribution in [2.24, 2.45) is 0 Å². The highest BCUT2D eigenvalue weighted by Crippen LogP contribution is 2.13. The number of carboxylic acids is 1. The largest absolute Gasteiger partial charge is 0.478 e. The van der Waals surface area contributed by atoms with Crippen LogP contribution < -0.4 is 0 Å². The molecule has 1 rings (SSSR count). The lowest BCUT2D eigenvalue weighted by Gasteiger charge is -2.01. The van der Waals surface area contributed by atoms with E-state index in [1.807, 2.05) is 0 Å². The number of halogens is 1. The third-order valence-corrected chi connectivity index (χ3v) is 1.93. The van der Waals surface area contributed by atoms with Crippen LogP contribution in [-0.4, -0.2) is 16.9 Å². The molecule has 1 aromatic carbocycles. The maximum absolute atomic E-state index is 13.2. The van der Waals surface area contributed by atoms with Gasteiger partial charge in [-0.05, 0) is 36.3 Å². The van der Waals surface area contributed by atoms with Crippen molar-refractivity contribution in [1.29, 1.82) is 0 Å². The Morgan fingerprint density at radius 3 is 2.69 bits per heavy atom. The van der Waals surface area contributed by atoms with Crippen LogP contribution in [0.4, 0.5) is 4.39 Å². The number of benzene rings is 1. The summed E-state index contributed by atoms with van der Waals surface area (Å²) in [6, 6.07) is 4.15. The topological polar surface area (TPSA) is 54.4 Å². The van der Waals surface area contributed by atoms with Crippen LogP contribution in [0.5, 0.6) is 0 Å². The predicted octanol–water partition coefficient (Wildman–Crippen LogP) is 2.06. The Labute approximate surface area is 92.2 Å². The highest BCUT2D eigenvalue weighted by molar-refractivity contribution is 5.85. The van der Waals surface area contributed by atoms with E-state index in [0.717, 1.165) is 6.08 Å². The molecule has 0 aliphatic heterocycles. The fraction of sp³-hybridized carbons (Fsp3) is 0.167. The minimum Gasteiger partial charge on any atom is -0.478 e. The number of aliphatic carboxylic acids is 1. The molecule has 84 valence electrons. The first-order valence-corrected chi connectivity index (χ1v) is 4.68. The van der Waals surface area contributed by atoms with Crippen molar-refractivity contribution in [2.45, 2.75) is 13.3 Å². The molecule has 1 aromatic rings. The summed E-state index contributed by atoms with van der Waals surface area (Å²) in [6.07, 6.45) is 2.33.